The molecule has 2 N–H and O–H groups in total. The Morgan fingerprint density at radius 3 is 2.95 bits per heavy atom. The lowest BCUT2D eigenvalue weighted by Crippen LogP contribution is -2.48. The van der Waals surface area contributed by atoms with Crippen LogP contribution in [0.15, 0.2) is 11.2 Å². The molecule has 2 heterocycles. The molecule has 0 radical (unpaired) electrons. The predicted octanol–water partition coefficient (Wildman–Crippen LogP) is -0.0503. The summed E-state index contributed by atoms with van der Waals surface area (Å²) in [5.41, 5.74) is 5.55. The maximum atomic E-state index is 12.6. The van der Waals surface area contributed by atoms with E-state index in [1.807, 2.05) is 18.4 Å². The molecule has 1 saturated heterocycles. The minimum absolute atomic E-state index is 0.112. The summed E-state index contributed by atoms with van der Waals surface area (Å²) in [6, 6.07) is 0. The van der Waals surface area contributed by atoms with E-state index in [1.54, 1.807) is 6.20 Å². The minimum atomic E-state index is -3.56. The van der Waals surface area contributed by atoms with E-state index in [9.17, 15) is 8.42 Å². The average molecular weight is 302 g/mol. The van der Waals surface area contributed by atoms with Crippen LogP contribution in [-0.4, -0.2) is 54.6 Å². The van der Waals surface area contributed by atoms with E-state index in [1.165, 1.54) is 4.31 Å². The predicted molar refractivity (Wildman–Crippen MR) is 74.8 cm³/mol. The zero-order chi connectivity index (χ0) is 14.8. The molecule has 1 atom stereocenters. The number of nitrogens with zero attached hydrogens (tertiary/aromatic N) is 3. The molecule has 7 nitrogen and oxygen atoms in total. The molecule has 1 aromatic rings. The smallest absolute Gasteiger partial charge is 0.262 e. The molecule has 0 amide bonds. The van der Waals surface area contributed by atoms with Crippen molar-refractivity contribution in [1.29, 1.82) is 0 Å². The molecule has 8 heteroatoms. The summed E-state index contributed by atoms with van der Waals surface area (Å²) in [6.07, 6.45) is 2.31. The highest BCUT2D eigenvalue weighted by Gasteiger charge is 2.32. The van der Waals surface area contributed by atoms with Crippen molar-refractivity contribution in [3.8, 4) is 0 Å². The third-order valence-corrected chi connectivity index (χ3v) is 5.12. The van der Waals surface area contributed by atoms with Crippen LogP contribution >= 0.6 is 0 Å². The number of imidazole rings is 1. The van der Waals surface area contributed by atoms with E-state index in [0.29, 0.717) is 32.1 Å². The monoisotopic (exact) mass is 302 g/mol. The van der Waals surface area contributed by atoms with Crippen molar-refractivity contribution < 1.29 is 13.2 Å². The number of rotatable bonds is 5. The first-order valence-electron chi connectivity index (χ1n) is 6.84. The van der Waals surface area contributed by atoms with Crippen molar-refractivity contribution in [3.63, 3.8) is 0 Å². The number of morpholine rings is 1. The number of ether oxygens (including phenoxy) is 1. The van der Waals surface area contributed by atoms with E-state index >= 15 is 0 Å². The first kappa shape index (κ1) is 15.4. The minimum Gasteiger partial charge on any atom is -0.374 e. The number of sulfonamides is 1. The number of aryl methyl sites for hydroxylation is 2. The fraction of sp³-hybridized carbons (Fsp3) is 0.750. The highest BCUT2D eigenvalue weighted by Crippen LogP contribution is 2.18. The molecule has 0 spiro atoms. The highest BCUT2D eigenvalue weighted by atomic mass is 32.2. The van der Waals surface area contributed by atoms with Gasteiger partial charge >= 0.3 is 0 Å². The van der Waals surface area contributed by atoms with E-state index in [2.05, 4.69) is 4.98 Å². The number of hydrogen-bond acceptors (Lipinski definition) is 5. The third kappa shape index (κ3) is 3.03. The molecule has 1 unspecified atom stereocenters. The Kier molecular flexibility index (Phi) is 4.79. The van der Waals surface area contributed by atoms with E-state index in [4.69, 9.17) is 10.5 Å². The molecular weight excluding hydrogens is 280 g/mol. The summed E-state index contributed by atoms with van der Waals surface area (Å²) in [7, 11) is -3.56. The van der Waals surface area contributed by atoms with Crippen molar-refractivity contribution in [3.05, 3.63) is 12.0 Å². The molecule has 0 aliphatic carbocycles. The van der Waals surface area contributed by atoms with Gasteiger partial charge in [0.2, 0.25) is 0 Å². The molecule has 1 aromatic heterocycles. The molecule has 0 saturated carbocycles. The Labute approximate surface area is 119 Å². The second kappa shape index (κ2) is 6.21. The lowest BCUT2D eigenvalue weighted by Gasteiger charge is -2.30. The van der Waals surface area contributed by atoms with Crippen LogP contribution in [0.4, 0.5) is 0 Å². The van der Waals surface area contributed by atoms with Gasteiger partial charge in [-0.15, -0.1) is 0 Å². The van der Waals surface area contributed by atoms with Crippen molar-refractivity contribution in [2.24, 2.45) is 5.73 Å². The van der Waals surface area contributed by atoms with Gasteiger partial charge < -0.3 is 15.0 Å². The Morgan fingerprint density at radius 2 is 2.30 bits per heavy atom. The standard InChI is InChI=1S/C12H22N4O3S/c1-3-4-15-9-12(14-10(15)2)20(17,18)16-5-6-19-11(7-13)8-16/h9,11H,3-8,13H2,1-2H3. The zero-order valence-electron chi connectivity index (χ0n) is 11.9. The summed E-state index contributed by atoms with van der Waals surface area (Å²) in [4.78, 5) is 4.19. The van der Waals surface area contributed by atoms with Crippen molar-refractivity contribution >= 4 is 10.0 Å². The second-order valence-electron chi connectivity index (χ2n) is 4.91. The molecule has 0 bridgehead atoms. The van der Waals surface area contributed by atoms with Crippen LogP contribution in [0.2, 0.25) is 0 Å². The van der Waals surface area contributed by atoms with Crippen LogP contribution in [0.3, 0.4) is 0 Å². The van der Waals surface area contributed by atoms with Gasteiger partial charge in [0, 0.05) is 32.4 Å². The third-order valence-electron chi connectivity index (χ3n) is 3.39. The van der Waals surface area contributed by atoms with Gasteiger partial charge in [-0.25, -0.2) is 13.4 Å². The average Bonchev–Trinajstić information content (AvgIpc) is 2.81. The van der Waals surface area contributed by atoms with Crippen molar-refractivity contribution in [2.75, 3.05) is 26.2 Å². The van der Waals surface area contributed by atoms with Gasteiger partial charge in [-0.3, -0.25) is 0 Å². The Balaban J connectivity index is 2.23. The molecule has 2 rings (SSSR count). The van der Waals surface area contributed by atoms with Crippen molar-refractivity contribution in [1.82, 2.24) is 13.9 Å². The van der Waals surface area contributed by atoms with E-state index < -0.39 is 10.0 Å². The highest BCUT2D eigenvalue weighted by molar-refractivity contribution is 7.89. The maximum Gasteiger partial charge on any atom is 0.262 e. The van der Waals surface area contributed by atoms with E-state index in [-0.39, 0.29) is 11.1 Å². The molecule has 1 fully saturated rings. The van der Waals surface area contributed by atoms with Gasteiger partial charge in [0.25, 0.3) is 10.0 Å². The number of nitrogens with two attached hydrogens (primary N) is 1. The Morgan fingerprint density at radius 1 is 1.55 bits per heavy atom. The van der Waals surface area contributed by atoms with Gasteiger partial charge in [-0.2, -0.15) is 4.31 Å². The van der Waals surface area contributed by atoms with Crippen LogP contribution in [-0.2, 0) is 21.3 Å². The quantitative estimate of drug-likeness (QED) is 0.823. The number of hydrogen-bond donors (Lipinski definition) is 1. The van der Waals surface area contributed by atoms with Crippen molar-refractivity contribution in [2.45, 2.75) is 37.9 Å². The van der Waals surface area contributed by atoms with Gasteiger partial charge in [-0.05, 0) is 13.3 Å². The van der Waals surface area contributed by atoms with Gasteiger partial charge in [0.05, 0.1) is 12.7 Å². The molecule has 114 valence electrons. The first-order valence-corrected chi connectivity index (χ1v) is 8.28. The van der Waals surface area contributed by atoms with Gasteiger partial charge in [0.15, 0.2) is 5.03 Å². The van der Waals surface area contributed by atoms with Crippen LogP contribution in [0.25, 0.3) is 0 Å². The number of aromatic nitrogens is 2. The molecule has 1 aliphatic rings. The summed E-state index contributed by atoms with van der Waals surface area (Å²) in [6.45, 7) is 5.95. The van der Waals surface area contributed by atoms with Gasteiger partial charge in [0.1, 0.15) is 5.82 Å². The summed E-state index contributed by atoms with van der Waals surface area (Å²) >= 11 is 0. The van der Waals surface area contributed by atoms with E-state index in [0.717, 1.165) is 13.0 Å². The zero-order valence-corrected chi connectivity index (χ0v) is 12.8. The van der Waals surface area contributed by atoms with Crippen LogP contribution < -0.4 is 5.73 Å². The summed E-state index contributed by atoms with van der Waals surface area (Å²) in [5.74, 6) is 0.717. The van der Waals surface area contributed by atoms with Gasteiger partial charge in [-0.1, -0.05) is 6.92 Å². The Hall–Kier alpha value is -0.960. The second-order valence-corrected chi connectivity index (χ2v) is 6.80. The molecule has 20 heavy (non-hydrogen) atoms. The molecule has 1 aliphatic heterocycles. The lowest BCUT2D eigenvalue weighted by atomic mass is 10.3. The summed E-state index contributed by atoms with van der Waals surface area (Å²) < 4.78 is 33.8. The fourth-order valence-electron chi connectivity index (χ4n) is 2.26. The van der Waals surface area contributed by atoms with Crippen LogP contribution in [0.1, 0.15) is 19.2 Å². The first-order chi connectivity index (χ1) is 9.48. The van der Waals surface area contributed by atoms with Crippen LogP contribution in [0.5, 0.6) is 0 Å². The SMILES string of the molecule is CCCn1cc(S(=O)(=O)N2CCOC(CN)C2)nc1C. The molecule has 0 aromatic carbocycles. The Bertz CT molecular complexity index is 555. The normalized spacial score (nSPS) is 21.2. The summed E-state index contributed by atoms with van der Waals surface area (Å²) in [5, 5.41) is 0.112. The molecular formula is C12H22N4O3S. The largest absolute Gasteiger partial charge is 0.374 e. The maximum absolute atomic E-state index is 12.6. The van der Waals surface area contributed by atoms with Crippen LogP contribution in [0, 0.1) is 6.92 Å². The lowest BCUT2D eigenvalue weighted by molar-refractivity contribution is 0.00444. The fourth-order valence-corrected chi connectivity index (χ4v) is 3.71. The topological polar surface area (TPSA) is 90.5 Å².